The first-order chi connectivity index (χ1) is 14.3. The van der Waals surface area contributed by atoms with Crippen LogP contribution in [0.5, 0.6) is 0 Å². The highest BCUT2D eigenvalue weighted by atomic mass is 32.2. The van der Waals surface area contributed by atoms with Crippen molar-refractivity contribution in [1.29, 1.82) is 0 Å². The molecule has 6 heteroatoms. The lowest BCUT2D eigenvalue weighted by Crippen LogP contribution is -2.36. The third-order valence-electron chi connectivity index (χ3n) is 5.85. The summed E-state index contributed by atoms with van der Waals surface area (Å²) >= 11 is 3.43. The van der Waals surface area contributed by atoms with Gasteiger partial charge >= 0.3 is 0 Å². The minimum Gasteiger partial charge on any atom is -0.342 e. The second-order valence-corrected chi connectivity index (χ2v) is 9.89. The molecule has 2 aliphatic rings. The highest BCUT2D eigenvalue weighted by Crippen LogP contribution is 2.40. The summed E-state index contributed by atoms with van der Waals surface area (Å²) in [5.41, 5.74) is 2.47. The number of carbonyl (C=O) groups is 1. The van der Waals surface area contributed by atoms with Gasteiger partial charge in [-0.15, -0.1) is 11.3 Å². The number of likely N-dealkylation sites (tertiary alicyclic amines) is 1. The average Bonchev–Trinajstić information content (AvgIpc) is 3.17. The van der Waals surface area contributed by atoms with Gasteiger partial charge in [-0.3, -0.25) is 4.79 Å². The van der Waals surface area contributed by atoms with Crippen LogP contribution >= 0.6 is 23.1 Å². The maximum Gasteiger partial charge on any atom is 0.232 e. The van der Waals surface area contributed by atoms with Gasteiger partial charge < -0.3 is 4.90 Å². The predicted octanol–water partition coefficient (Wildman–Crippen LogP) is 5.34. The summed E-state index contributed by atoms with van der Waals surface area (Å²) < 4.78 is 0. The van der Waals surface area contributed by atoms with Gasteiger partial charge in [-0.25, -0.2) is 9.97 Å². The Hall–Kier alpha value is -1.92. The highest BCUT2D eigenvalue weighted by molar-refractivity contribution is 8.00. The number of amides is 1. The largest absolute Gasteiger partial charge is 0.342 e. The molecule has 1 amide bonds. The van der Waals surface area contributed by atoms with E-state index in [2.05, 4.69) is 12.1 Å². The number of aromatic nitrogens is 2. The zero-order valence-corrected chi connectivity index (χ0v) is 18.2. The van der Waals surface area contributed by atoms with E-state index in [9.17, 15) is 4.79 Å². The molecular formula is C23H25N3OS2. The zero-order valence-electron chi connectivity index (χ0n) is 16.5. The fraction of sp³-hybridized carbons (Fsp3) is 0.435. The monoisotopic (exact) mass is 423 g/mol. The molecule has 1 aliphatic heterocycles. The van der Waals surface area contributed by atoms with Gasteiger partial charge in [0.1, 0.15) is 9.86 Å². The first-order valence-corrected chi connectivity index (χ1v) is 12.4. The van der Waals surface area contributed by atoms with Crippen molar-refractivity contribution in [3.05, 3.63) is 40.8 Å². The molecule has 2 aromatic heterocycles. The van der Waals surface area contributed by atoms with Crippen LogP contribution < -0.4 is 0 Å². The Morgan fingerprint density at radius 3 is 2.62 bits per heavy atom. The summed E-state index contributed by atoms with van der Waals surface area (Å²) in [6.45, 7) is 1.81. The number of hydrogen-bond acceptors (Lipinski definition) is 5. The standard InChI is InChI=1S/C23H25N3OS2/c27-19(26-13-7-2-8-14-26)15-28-22-20-17-11-5-6-12-18(17)29-23(20)25-21(24-22)16-9-3-1-4-10-16/h1,3-4,9-10H,2,5-8,11-15H2. The van der Waals surface area contributed by atoms with Crippen molar-refractivity contribution in [3.8, 4) is 11.4 Å². The van der Waals surface area contributed by atoms with Crippen LogP contribution in [0.2, 0.25) is 0 Å². The molecule has 0 radical (unpaired) electrons. The smallest absolute Gasteiger partial charge is 0.232 e. The molecular weight excluding hydrogens is 398 g/mol. The molecule has 0 bridgehead atoms. The van der Waals surface area contributed by atoms with Crippen LogP contribution in [0.1, 0.15) is 42.5 Å². The first-order valence-electron chi connectivity index (χ1n) is 10.6. The van der Waals surface area contributed by atoms with E-state index in [1.807, 2.05) is 34.4 Å². The molecule has 1 aromatic carbocycles. The fourth-order valence-corrected chi connectivity index (χ4v) is 6.59. The zero-order chi connectivity index (χ0) is 19.6. The third kappa shape index (κ3) is 3.92. The average molecular weight is 424 g/mol. The second-order valence-electron chi connectivity index (χ2n) is 7.84. The number of carbonyl (C=O) groups excluding carboxylic acids is 1. The van der Waals surface area contributed by atoms with E-state index >= 15 is 0 Å². The quantitative estimate of drug-likeness (QED) is 0.420. The molecule has 1 aliphatic carbocycles. The Morgan fingerprint density at radius 2 is 1.79 bits per heavy atom. The Kier molecular flexibility index (Phi) is 5.55. The molecule has 0 spiro atoms. The van der Waals surface area contributed by atoms with Crippen molar-refractivity contribution in [1.82, 2.24) is 14.9 Å². The first kappa shape index (κ1) is 19.1. The SMILES string of the molecule is O=C(CSc1nc(-c2ccccc2)nc2sc3c(c12)CCCC3)N1CCCCC1. The van der Waals surface area contributed by atoms with E-state index < -0.39 is 0 Å². The number of rotatable bonds is 4. The van der Waals surface area contributed by atoms with Crippen LogP contribution in [-0.2, 0) is 17.6 Å². The predicted molar refractivity (Wildman–Crippen MR) is 121 cm³/mol. The Balaban J connectivity index is 1.51. The number of hydrogen-bond donors (Lipinski definition) is 0. The van der Waals surface area contributed by atoms with Gasteiger partial charge in [-0.05, 0) is 50.5 Å². The van der Waals surface area contributed by atoms with E-state index in [-0.39, 0.29) is 5.91 Å². The fourth-order valence-electron chi connectivity index (χ4n) is 4.31. The number of aryl methyl sites for hydroxylation is 2. The van der Waals surface area contributed by atoms with Crippen LogP contribution in [0.3, 0.4) is 0 Å². The van der Waals surface area contributed by atoms with Crippen molar-refractivity contribution < 1.29 is 4.79 Å². The summed E-state index contributed by atoms with van der Waals surface area (Å²) in [7, 11) is 0. The van der Waals surface area contributed by atoms with E-state index in [4.69, 9.17) is 9.97 Å². The number of nitrogens with zero attached hydrogens (tertiary/aromatic N) is 3. The molecule has 29 heavy (non-hydrogen) atoms. The van der Waals surface area contributed by atoms with Gasteiger partial charge in [-0.2, -0.15) is 0 Å². The molecule has 0 unspecified atom stereocenters. The highest BCUT2D eigenvalue weighted by Gasteiger charge is 2.23. The van der Waals surface area contributed by atoms with Gasteiger partial charge in [0, 0.05) is 28.9 Å². The van der Waals surface area contributed by atoms with Crippen LogP contribution in [0, 0.1) is 0 Å². The van der Waals surface area contributed by atoms with Crippen molar-refractivity contribution in [2.24, 2.45) is 0 Å². The minimum absolute atomic E-state index is 0.242. The Morgan fingerprint density at radius 1 is 1.00 bits per heavy atom. The van der Waals surface area contributed by atoms with Crippen LogP contribution in [0.15, 0.2) is 35.4 Å². The van der Waals surface area contributed by atoms with Crippen molar-refractivity contribution in [2.75, 3.05) is 18.8 Å². The molecule has 5 rings (SSSR count). The summed E-state index contributed by atoms with van der Waals surface area (Å²) in [5, 5.41) is 2.19. The van der Waals surface area contributed by atoms with Crippen LogP contribution in [0.25, 0.3) is 21.6 Å². The Labute approximate surface area is 179 Å². The van der Waals surface area contributed by atoms with Gasteiger partial charge in [-0.1, -0.05) is 42.1 Å². The molecule has 4 nitrogen and oxygen atoms in total. The summed E-state index contributed by atoms with van der Waals surface area (Å²) in [6, 6.07) is 10.2. The van der Waals surface area contributed by atoms with E-state index in [0.29, 0.717) is 5.75 Å². The van der Waals surface area contributed by atoms with Gasteiger partial charge in [0.25, 0.3) is 0 Å². The lowest BCUT2D eigenvalue weighted by molar-refractivity contribution is -0.129. The third-order valence-corrected chi connectivity index (χ3v) is 8.00. The van der Waals surface area contributed by atoms with Gasteiger partial charge in [0.05, 0.1) is 5.75 Å². The van der Waals surface area contributed by atoms with Crippen LogP contribution in [0.4, 0.5) is 0 Å². The van der Waals surface area contributed by atoms with Crippen molar-refractivity contribution in [2.45, 2.75) is 50.0 Å². The van der Waals surface area contributed by atoms with Gasteiger partial charge in [0.2, 0.25) is 5.91 Å². The lowest BCUT2D eigenvalue weighted by Gasteiger charge is -2.26. The number of fused-ring (bicyclic) bond motifs is 3. The minimum atomic E-state index is 0.242. The summed E-state index contributed by atoms with van der Waals surface area (Å²) in [6.07, 6.45) is 8.25. The number of thiophene rings is 1. The summed E-state index contributed by atoms with van der Waals surface area (Å²) in [4.78, 5) is 27.2. The van der Waals surface area contributed by atoms with E-state index in [1.54, 1.807) is 11.8 Å². The maximum absolute atomic E-state index is 12.8. The lowest BCUT2D eigenvalue weighted by atomic mass is 9.97. The Bertz CT molecular complexity index is 1030. The van der Waals surface area contributed by atoms with E-state index in [1.165, 1.54) is 35.1 Å². The molecule has 3 heterocycles. The molecule has 3 aromatic rings. The molecule has 0 N–H and O–H groups in total. The van der Waals surface area contributed by atoms with Crippen molar-refractivity contribution in [3.63, 3.8) is 0 Å². The number of piperidine rings is 1. The number of thioether (sulfide) groups is 1. The topological polar surface area (TPSA) is 46.1 Å². The summed E-state index contributed by atoms with van der Waals surface area (Å²) in [5.74, 6) is 1.47. The van der Waals surface area contributed by atoms with Crippen molar-refractivity contribution >= 4 is 39.2 Å². The van der Waals surface area contributed by atoms with E-state index in [0.717, 1.165) is 60.0 Å². The normalized spacial score (nSPS) is 16.8. The van der Waals surface area contributed by atoms with Crippen LogP contribution in [-0.4, -0.2) is 39.6 Å². The molecule has 0 saturated carbocycles. The number of benzene rings is 1. The van der Waals surface area contributed by atoms with Gasteiger partial charge in [0.15, 0.2) is 5.82 Å². The molecule has 1 saturated heterocycles. The molecule has 150 valence electrons. The maximum atomic E-state index is 12.8. The molecule has 0 atom stereocenters. The molecule has 1 fully saturated rings. The second kappa shape index (κ2) is 8.44.